The smallest absolute Gasteiger partial charge is 0.0900 e. The number of hydrogen-bond donors (Lipinski definition) is 0. The van der Waals surface area contributed by atoms with Gasteiger partial charge in [0.05, 0.1) is 22.8 Å². The number of nitrogens with zero attached hydrogens (tertiary/aromatic N) is 4. The first-order chi connectivity index (χ1) is 19.8. The Balaban J connectivity index is 1.41. The normalized spacial score (nSPS) is 11.5. The van der Waals surface area contributed by atoms with Crippen LogP contribution in [0.25, 0.3) is 77.3 Å². The van der Waals surface area contributed by atoms with E-state index in [0.29, 0.717) is 0 Å². The molecule has 0 fully saturated rings. The fraction of sp³-hybridized carbons (Fsp3) is 0. The molecule has 0 atom stereocenters. The van der Waals surface area contributed by atoms with Crippen LogP contribution >= 0.6 is 0 Å². The van der Waals surface area contributed by atoms with E-state index >= 15 is 0 Å². The Kier molecular flexibility index (Phi) is 5.10. The van der Waals surface area contributed by atoms with Gasteiger partial charge in [-0.25, -0.2) is 4.98 Å². The van der Waals surface area contributed by atoms with E-state index in [1.54, 1.807) is 12.4 Å². The zero-order chi connectivity index (χ0) is 26.5. The molecule has 0 radical (unpaired) electrons. The van der Waals surface area contributed by atoms with Crippen molar-refractivity contribution < 1.29 is 0 Å². The van der Waals surface area contributed by atoms with Gasteiger partial charge in [0.25, 0.3) is 0 Å². The molecule has 8 aromatic rings. The molecule has 0 aliphatic rings. The lowest BCUT2D eigenvalue weighted by Gasteiger charge is -2.17. The summed E-state index contributed by atoms with van der Waals surface area (Å²) in [6, 6.07) is 38.2. The molecule has 0 unspecified atom stereocenters. The third-order valence-electron chi connectivity index (χ3n) is 7.65. The molecule has 4 heterocycles. The van der Waals surface area contributed by atoms with Gasteiger partial charge in [-0.1, -0.05) is 60.7 Å². The molecule has 0 saturated heterocycles. The first-order valence-corrected chi connectivity index (χ1v) is 13.3. The molecule has 4 nitrogen and oxygen atoms in total. The van der Waals surface area contributed by atoms with E-state index in [0.717, 1.165) is 33.9 Å². The van der Waals surface area contributed by atoms with E-state index in [9.17, 15) is 0 Å². The molecular formula is C36H22N4. The first-order valence-electron chi connectivity index (χ1n) is 13.3. The third-order valence-corrected chi connectivity index (χ3v) is 7.65. The summed E-state index contributed by atoms with van der Waals surface area (Å²) in [5.41, 5.74) is 7.95. The summed E-state index contributed by atoms with van der Waals surface area (Å²) in [6.07, 6.45) is 7.32. The van der Waals surface area contributed by atoms with Crippen molar-refractivity contribution in [1.82, 2.24) is 19.9 Å². The summed E-state index contributed by atoms with van der Waals surface area (Å²) < 4.78 is 0. The van der Waals surface area contributed by atoms with E-state index in [2.05, 4.69) is 87.7 Å². The maximum Gasteiger partial charge on any atom is 0.0900 e. The predicted octanol–water partition coefficient (Wildman–Crippen LogP) is 8.83. The first kappa shape index (κ1) is 22.5. The monoisotopic (exact) mass is 510 g/mol. The van der Waals surface area contributed by atoms with Crippen LogP contribution < -0.4 is 0 Å². The molecular weight excluding hydrogens is 488 g/mol. The van der Waals surface area contributed by atoms with Gasteiger partial charge in [-0.3, -0.25) is 15.0 Å². The molecule has 186 valence electrons. The van der Waals surface area contributed by atoms with Gasteiger partial charge in [0.15, 0.2) is 0 Å². The second-order valence-corrected chi connectivity index (χ2v) is 9.94. The van der Waals surface area contributed by atoms with E-state index in [1.807, 2.05) is 48.8 Å². The van der Waals surface area contributed by atoms with E-state index in [4.69, 9.17) is 4.98 Å². The maximum absolute atomic E-state index is 4.98. The summed E-state index contributed by atoms with van der Waals surface area (Å²) in [6.45, 7) is 0. The molecule has 0 saturated carbocycles. The topological polar surface area (TPSA) is 51.6 Å². The molecule has 0 N–H and O–H groups in total. The maximum atomic E-state index is 4.98. The van der Waals surface area contributed by atoms with Gasteiger partial charge in [0.2, 0.25) is 0 Å². The average Bonchev–Trinajstić information content (AvgIpc) is 3.04. The summed E-state index contributed by atoms with van der Waals surface area (Å²) in [4.78, 5) is 18.4. The van der Waals surface area contributed by atoms with E-state index in [-0.39, 0.29) is 0 Å². The van der Waals surface area contributed by atoms with E-state index in [1.165, 1.54) is 43.4 Å². The standard InChI is InChI=1S/C36H22N4/c1-3-17-38-31(5-1)33-21-26(22-34(40-33)32-6-2-4-18-39-32)28-12-8-25-9-13-29-27(23-15-19-37-20-16-23)11-7-24-10-14-30(28)36(25)35(24)29/h1-22H. The van der Waals surface area contributed by atoms with Crippen LogP contribution in [0.4, 0.5) is 0 Å². The van der Waals surface area contributed by atoms with Crippen LogP contribution in [0.3, 0.4) is 0 Å². The van der Waals surface area contributed by atoms with Crippen LogP contribution in [-0.4, -0.2) is 19.9 Å². The highest BCUT2D eigenvalue weighted by atomic mass is 14.8. The molecule has 0 bridgehead atoms. The minimum atomic E-state index is 0.824. The molecule has 4 heteroatoms. The number of aromatic nitrogens is 4. The van der Waals surface area contributed by atoms with Gasteiger partial charge in [-0.2, -0.15) is 0 Å². The highest BCUT2D eigenvalue weighted by molar-refractivity contribution is 6.27. The van der Waals surface area contributed by atoms with Crippen LogP contribution in [0.15, 0.2) is 134 Å². The van der Waals surface area contributed by atoms with Crippen molar-refractivity contribution in [2.45, 2.75) is 0 Å². The average molecular weight is 511 g/mol. The van der Waals surface area contributed by atoms with Crippen LogP contribution in [0.5, 0.6) is 0 Å². The Bertz CT molecular complexity index is 2080. The molecule has 0 aliphatic heterocycles. The molecule has 0 amide bonds. The van der Waals surface area contributed by atoms with Gasteiger partial charge in [0, 0.05) is 24.8 Å². The molecule has 4 aromatic carbocycles. The summed E-state index contributed by atoms with van der Waals surface area (Å²) in [5.74, 6) is 0. The number of pyridine rings is 4. The fourth-order valence-corrected chi connectivity index (χ4v) is 5.81. The van der Waals surface area contributed by atoms with E-state index < -0.39 is 0 Å². The highest BCUT2D eigenvalue weighted by Crippen LogP contribution is 2.42. The van der Waals surface area contributed by atoms with Crippen LogP contribution in [-0.2, 0) is 0 Å². The van der Waals surface area contributed by atoms with Crippen LogP contribution in [0.2, 0.25) is 0 Å². The second kappa shape index (κ2) is 9.07. The number of benzene rings is 4. The van der Waals surface area contributed by atoms with Gasteiger partial charge >= 0.3 is 0 Å². The molecule has 40 heavy (non-hydrogen) atoms. The Hall–Kier alpha value is -5.48. The van der Waals surface area contributed by atoms with Crippen molar-refractivity contribution in [3.8, 4) is 45.0 Å². The summed E-state index contributed by atoms with van der Waals surface area (Å²) in [5, 5.41) is 7.49. The zero-order valence-electron chi connectivity index (χ0n) is 21.5. The Morgan fingerprint density at radius 2 is 0.925 bits per heavy atom. The molecule has 8 rings (SSSR count). The van der Waals surface area contributed by atoms with Gasteiger partial charge in [0.1, 0.15) is 0 Å². The number of hydrogen-bond acceptors (Lipinski definition) is 4. The highest BCUT2D eigenvalue weighted by Gasteiger charge is 2.17. The molecule has 4 aromatic heterocycles. The lowest BCUT2D eigenvalue weighted by molar-refractivity contribution is 1.22. The van der Waals surface area contributed by atoms with Crippen molar-refractivity contribution in [1.29, 1.82) is 0 Å². The largest absolute Gasteiger partial charge is 0.265 e. The summed E-state index contributed by atoms with van der Waals surface area (Å²) in [7, 11) is 0. The molecule has 0 spiro atoms. The van der Waals surface area contributed by atoms with Crippen molar-refractivity contribution in [2.75, 3.05) is 0 Å². The second-order valence-electron chi connectivity index (χ2n) is 9.94. The third kappa shape index (κ3) is 3.62. The van der Waals surface area contributed by atoms with Crippen molar-refractivity contribution in [2.24, 2.45) is 0 Å². The Morgan fingerprint density at radius 1 is 0.400 bits per heavy atom. The van der Waals surface area contributed by atoms with Crippen molar-refractivity contribution in [3.05, 3.63) is 134 Å². The minimum Gasteiger partial charge on any atom is -0.265 e. The Labute approximate surface area is 231 Å². The quantitative estimate of drug-likeness (QED) is 0.222. The van der Waals surface area contributed by atoms with Gasteiger partial charge in [-0.05, 0) is 103 Å². The minimum absolute atomic E-state index is 0.824. The fourth-order valence-electron chi connectivity index (χ4n) is 5.81. The van der Waals surface area contributed by atoms with Crippen LogP contribution in [0.1, 0.15) is 0 Å². The lowest BCUT2D eigenvalue weighted by atomic mass is 9.87. The van der Waals surface area contributed by atoms with Gasteiger partial charge < -0.3 is 0 Å². The number of rotatable bonds is 4. The Morgan fingerprint density at radius 3 is 1.45 bits per heavy atom. The summed E-state index contributed by atoms with van der Waals surface area (Å²) >= 11 is 0. The van der Waals surface area contributed by atoms with Gasteiger partial charge in [-0.15, -0.1) is 0 Å². The molecule has 0 aliphatic carbocycles. The predicted molar refractivity (Wildman–Crippen MR) is 163 cm³/mol. The zero-order valence-corrected chi connectivity index (χ0v) is 21.5. The van der Waals surface area contributed by atoms with Crippen LogP contribution in [0, 0.1) is 0 Å². The van der Waals surface area contributed by atoms with Crippen molar-refractivity contribution in [3.63, 3.8) is 0 Å². The SMILES string of the molecule is c1ccc(-c2cc(-c3ccc4ccc5c(-c6ccncc6)ccc6ccc3c4c65)cc(-c3ccccn3)n2)nc1. The lowest BCUT2D eigenvalue weighted by Crippen LogP contribution is -1.95. The van der Waals surface area contributed by atoms with Crippen molar-refractivity contribution >= 4 is 32.3 Å².